The Morgan fingerprint density at radius 3 is 2.38 bits per heavy atom. The van der Waals surface area contributed by atoms with Gasteiger partial charge in [-0.15, -0.1) is 0 Å². The van der Waals surface area contributed by atoms with Gasteiger partial charge >= 0.3 is 0 Å². The molecule has 0 spiro atoms. The minimum atomic E-state index is -0.213. The zero-order chi connectivity index (χ0) is 15.4. The third-order valence-electron chi connectivity index (χ3n) is 3.03. The van der Waals surface area contributed by atoms with Crippen LogP contribution in [-0.4, -0.2) is 30.0 Å². The average molecular weight is 301 g/mol. The van der Waals surface area contributed by atoms with Crippen LogP contribution >= 0.6 is 12.2 Å². The summed E-state index contributed by atoms with van der Waals surface area (Å²) in [5.41, 5.74) is 7.21. The van der Waals surface area contributed by atoms with E-state index in [9.17, 15) is 4.79 Å². The van der Waals surface area contributed by atoms with Crippen molar-refractivity contribution in [1.82, 2.24) is 4.98 Å². The first kappa shape index (κ1) is 14.9. The lowest BCUT2D eigenvalue weighted by molar-refractivity contribution is 0.0988. The summed E-state index contributed by atoms with van der Waals surface area (Å²) in [4.78, 5) is 18.2. The van der Waals surface area contributed by atoms with Crippen molar-refractivity contribution in [2.75, 3.05) is 19.1 Å². The molecule has 6 heteroatoms. The van der Waals surface area contributed by atoms with Crippen molar-refractivity contribution in [2.24, 2.45) is 5.73 Å². The van der Waals surface area contributed by atoms with E-state index in [0.29, 0.717) is 11.3 Å². The van der Waals surface area contributed by atoms with Crippen molar-refractivity contribution in [2.45, 2.75) is 0 Å². The molecule has 0 aliphatic heterocycles. The summed E-state index contributed by atoms with van der Waals surface area (Å²) in [5, 5.41) is 0. The Kier molecular flexibility index (Phi) is 4.49. The number of hydrogen-bond donors (Lipinski definition) is 1. The maximum absolute atomic E-state index is 12.3. The topological polar surface area (TPSA) is 68.5 Å². The van der Waals surface area contributed by atoms with Gasteiger partial charge < -0.3 is 15.4 Å². The lowest BCUT2D eigenvalue weighted by Gasteiger charge is -2.17. The van der Waals surface area contributed by atoms with Crippen molar-refractivity contribution in [1.29, 1.82) is 0 Å². The Labute approximate surface area is 128 Å². The molecule has 0 saturated carbocycles. The first-order valence-electron chi connectivity index (χ1n) is 6.21. The molecule has 5 nitrogen and oxygen atoms in total. The number of carbonyl (C=O) groups is 1. The van der Waals surface area contributed by atoms with Crippen LogP contribution in [0.1, 0.15) is 16.1 Å². The highest BCUT2D eigenvalue weighted by Crippen LogP contribution is 2.19. The van der Waals surface area contributed by atoms with E-state index in [-0.39, 0.29) is 10.9 Å². The van der Waals surface area contributed by atoms with Gasteiger partial charge in [0.1, 0.15) is 16.4 Å². The number of nitrogens with two attached hydrogens (primary N) is 1. The van der Waals surface area contributed by atoms with Crippen LogP contribution in [0.5, 0.6) is 5.75 Å². The fraction of sp³-hybridized carbons (Fsp3) is 0.133. The minimum absolute atomic E-state index is 0.213. The molecular weight excluding hydrogens is 286 g/mol. The molecule has 0 saturated heterocycles. The number of carbonyl (C=O) groups excluding carboxylic acids is 1. The molecule has 1 aromatic heterocycles. The number of methoxy groups -OCH3 is 1. The first-order valence-corrected chi connectivity index (χ1v) is 6.61. The molecule has 2 aromatic rings. The van der Waals surface area contributed by atoms with Crippen molar-refractivity contribution in [3.05, 3.63) is 53.9 Å². The highest BCUT2D eigenvalue weighted by molar-refractivity contribution is 7.80. The van der Waals surface area contributed by atoms with E-state index in [4.69, 9.17) is 22.7 Å². The van der Waals surface area contributed by atoms with Crippen LogP contribution in [0.4, 0.5) is 5.69 Å². The Morgan fingerprint density at radius 1 is 1.24 bits per heavy atom. The highest BCUT2D eigenvalue weighted by atomic mass is 32.1. The SMILES string of the molecule is COc1ccc(N(C)C(=O)c2ccc(C(N)=S)cn2)cc1. The first-order chi connectivity index (χ1) is 10.0. The van der Waals surface area contributed by atoms with Gasteiger partial charge in [0.15, 0.2) is 0 Å². The predicted octanol–water partition coefficient (Wildman–Crippen LogP) is 2.00. The maximum atomic E-state index is 12.3. The van der Waals surface area contributed by atoms with E-state index in [1.807, 2.05) is 0 Å². The Morgan fingerprint density at radius 2 is 1.90 bits per heavy atom. The number of hydrogen-bond acceptors (Lipinski definition) is 4. The van der Waals surface area contributed by atoms with Crippen LogP contribution in [0.2, 0.25) is 0 Å². The number of amides is 1. The van der Waals surface area contributed by atoms with Crippen LogP contribution in [0.3, 0.4) is 0 Å². The molecule has 2 N–H and O–H groups in total. The quantitative estimate of drug-likeness (QED) is 0.875. The number of ether oxygens (including phenoxy) is 1. The molecule has 21 heavy (non-hydrogen) atoms. The molecule has 1 heterocycles. The second-order valence-electron chi connectivity index (χ2n) is 4.36. The van der Waals surface area contributed by atoms with Crippen molar-refractivity contribution in [3.8, 4) is 5.75 Å². The van der Waals surface area contributed by atoms with Crippen LogP contribution in [-0.2, 0) is 0 Å². The standard InChI is InChI=1S/C15H15N3O2S/c1-18(11-4-6-12(20-2)7-5-11)15(19)13-8-3-10(9-17-13)14(16)21/h3-9H,1-2H3,(H2,16,21). The summed E-state index contributed by atoms with van der Waals surface area (Å²) in [6.07, 6.45) is 1.50. The number of benzene rings is 1. The summed E-state index contributed by atoms with van der Waals surface area (Å²) >= 11 is 4.85. The summed E-state index contributed by atoms with van der Waals surface area (Å²) in [5.74, 6) is 0.521. The summed E-state index contributed by atoms with van der Waals surface area (Å²) in [6, 6.07) is 10.5. The highest BCUT2D eigenvalue weighted by Gasteiger charge is 2.15. The molecule has 0 atom stereocenters. The van der Waals surface area contributed by atoms with Crippen molar-refractivity contribution in [3.63, 3.8) is 0 Å². The predicted molar refractivity (Wildman–Crippen MR) is 85.9 cm³/mol. The number of thiocarbonyl (C=S) groups is 1. The Hall–Kier alpha value is -2.47. The second kappa shape index (κ2) is 6.32. The van der Waals surface area contributed by atoms with E-state index < -0.39 is 0 Å². The smallest absolute Gasteiger partial charge is 0.276 e. The molecule has 0 fully saturated rings. The van der Waals surface area contributed by atoms with Crippen molar-refractivity contribution >= 4 is 28.8 Å². The van der Waals surface area contributed by atoms with Gasteiger partial charge in [0.2, 0.25) is 0 Å². The molecule has 0 aliphatic carbocycles. The fourth-order valence-corrected chi connectivity index (χ4v) is 1.88. The zero-order valence-corrected chi connectivity index (χ0v) is 12.6. The van der Waals surface area contributed by atoms with Gasteiger partial charge in [-0.05, 0) is 36.4 Å². The molecular formula is C15H15N3O2S. The number of aromatic nitrogens is 1. The largest absolute Gasteiger partial charge is 0.497 e. The maximum Gasteiger partial charge on any atom is 0.276 e. The van der Waals surface area contributed by atoms with Gasteiger partial charge in [-0.25, -0.2) is 0 Å². The van der Waals surface area contributed by atoms with Gasteiger partial charge in [0, 0.05) is 24.5 Å². The molecule has 0 aliphatic rings. The molecule has 1 amide bonds. The molecule has 2 rings (SSSR count). The Balaban J connectivity index is 2.19. The number of nitrogens with zero attached hydrogens (tertiary/aromatic N) is 2. The third-order valence-corrected chi connectivity index (χ3v) is 3.27. The average Bonchev–Trinajstić information content (AvgIpc) is 2.53. The van der Waals surface area contributed by atoms with Crippen LogP contribution in [0.15, 0.2) is 42.6 Å². The molecule has 0 unspecified atom stereocenters. The van der Waals surface area contributed by atoms with Crippen LogP contribution < -0.4 is 15.4 Å². The zero-order valence-electron chi connectivity index (χ0n) is 11.7. The van der Waals surface area contributed by atoms with Crippen molar-refractivity contribution < 1.29 is 9.53 Å². The molecule has 0 radical (unpaired) electrons. The van der Waals surface area contributed by atoms with E-state index in [1.165, 1.54) is 11.1 Å². The van der Waals surface area contributed by atoms with E-state index in [2.05, 4.69) is 4.98 Å². The summed E-state index contributed by atoms with van der Waals surface area (Å²) in [6.45, 7) is 0. The van der Waals surface area contributed by atoms with Gasteiger partial charge in [0.05, 0.1) is 7.11 Å². The lowest BCUT2D eigenvalue weighted by atomic mass is 10.2. The fourth-order valence-electron chi connectivity index (χ4n) is 1.76. The van der Waals surface area contributed by atoms with E-state index >= 15 is 0 Å². The van der Waals surface area contributed by atoms with Gasteiger partial charge in [-0.3, -0.25) is 9.78 Å². The minimum Gasteiger partial charge on any atom is -0.497 e. The number of anilines is 1. The summed E-state index contributed by atoms with van der Waals surface area (Å²) in [7, 11) is 3.28. The Bertz CT molecular complexity index is 654. The van der Waals surface area contributed by atoms with Gasteiger partial charge in [-0.1, -0.05) is 12.2 Å². The molecule has 108 valence electrons. The van der Waals surface area contributed by atoms with E-state index in [1.54, 1.807) is 50.6 Å². The van der Waals surface area contributed by atoms with Crippen LogP contribution in [0.25, 0.3) is 0 Å². The van der Waals surface area contributed by atoms with Gasteiger partial charge in [-0.2, -0.15) is 0 Å². The van der Waals surface area contributed by atoms with Gasteiger partial charge in [0.25, 0.3) is 5.91 Å². The second-order valence-corrected chi connectivity index (χ2v) is 4.80. The number of pyridine rings is 1. The third kappa shape index (κ3) is 3.35. The monoisotopic (exact) mass is 301 g/mol. The molecule has 1 aromatic carbocycles. The van der Waals surface area contributed by atoms with Crippen LogP contribution in [0, 0.1) is 0 Å². The molecule has 0 bridgehead atoms. The normalized spacial score (nSPS) is 10.0. The number of rotatable bonds is 4. The van der Waals surface area contributed by atoms with E-state index in [0.717, 1.165) is 11.4 Å². The summed E-state index contributed by atoms with van der Waals surface area (Å²) < 4.78 is 5.09. The lowest BCUT2D eigenvalue weighted by Crippen LogP contribution is -2.27.